The number of nitrogens with one attached hydrogen (secondary N) is 2. The summed E-state index contributed by atoms with van der Waals surface area (Å²) in [5.41, 5.74) is 2.16. The SMILES string of the molecule is Cc1ccc(O)c(C)c1NC(=O)c1cnc(Nc2ccn(C3CCC3)n2)s1. The third-order valence-electron chi connectivity index (χ3n) is 4.90. The molecule has 0 bridgehead atoms. The summed E-state index contributed by atoms with van der Waals surface area (Å²) >= 11 is 1.26. The molecule has 0 aliphatic heterocycles. The molecule has 1 saturated carbocycles. The monoisotopic (exact) mass is 383 g/mol. The van der Waals surface area contributed by atoms with Gasteiger partial charge in [0.2, 0.25) is 0 Å². The first-order valence-electron chi connectivity index (χ1n) is 8.90. The molecule has 0 atom stereocenters. The minimum Gasteiger partial charge on any atom is -0.508 e. The van der Waals surface area contributed by atoms with Crippen LogP contribution in [0.5, 0.6) is 5.75 Å². The average molecular weight is 383 g/mol. The van der Waals surface area contributed by atoms with Crippen LogP contribution in [0.25, 0.3) is 0 Å². The fraction of sp³-hybridized carbons (Fsp3) is 0.316. The molecule has 4 rings (SSSR count). The number of carbonyl (C=O) groups is 1. The fourth-order valence-corrected chi connectivity index (χ4v) is 3.73. The largest absolute Gasteiger partial charge is 0.508 e. The van der Waals surface area contributed by atoms with Crippen LogP contribution in [0.1, 0.15) is 46.1 Å². The van der Waals surface area contributed by atoms with Crippen LogP contribution >= 0.6 is 11.3 Å². The van der Waals surface area contributed by atoms with Crippen molar-refractivity contribution < 1.29 is 9.90 Å². The van der Waals surface area contributed by atoms with Crippen molar-refractivity contribution in [2.45, 2.75) is 39.2 Å². The molecule has 0 spiro atoms. The number of hydrogen-bond donors (Lipinski definition) is 3. The summed E-state index contributed by atoms with van der Waals surface area (Å²) in [6, 6.07) is 5.82. The van der Waals surface area contributed by atoms with Crippen LogP contribution in [0.2, 0.25) is 0 Å². The molecule has 7 nitrogen and oxygen atoms in total. The Bertz CT molecular complexity index is 990. The zero-order valence-electron chi connectivity index (χ0n) is 15.2. The number of amides is 1. The van der Waals surface area contributed by atoms with E-state index in [-0.39, 0.29) is 11.7 Å². The van der Waals surface area contributed by atoms with Crippen molar-refractivity contribution >= 4 is 33.9 Å². The molecule has 0 unspecified atom stereocenters. The predicted molar refractivity (Wildman–Crippen MR) is 106 cm³/mol. The quantitative estimate of drug-likeness (QED) is 0.608. The first kappa shape index (κ1) is 17.5. The molecule has 27 heavy (non-hydrogen) atoms. The van der Waals surface area contributed by atoms with Crippen molar-refractivity contribution in [3.05, 3.63) is 46.6 Å². The smallest absolute Gasteiger partial charge is 0.267 e. The number of aryl methyl sites for hydroxylation is 1. The second-order valence-corrected chi connectivity index (χ2v) is 7.81. The number of aromatic hydroxyl groups is 1. The van der Waals surface area contributed by atoms with E-state index in [1.54, 1.807) is 25.3 Å². The normalized spacial score (nSPS) is 14.0. The maximum absolute atomic E-state index is 12.6. The van der Waals surface area contributed by atoms with Crippen molar-refractivity contribution in [1.82, 2.24) is 14.8 Å². The van der Waals surface area contributed by atoms with E-state index in [2.05, 4.69) is 20.7 Å². The van der Waals surface area contributed by atoms with Gasteiger partial charge in [0.15, 0.2) is 10.9 Å². The van der Waals surface area contributed by atoms with Gasteiger partial charge in [0.05, 0.1) is 17.9 Å². The van der Waals surface area contributed by atoms with Gasteiger partial charge in [-0.05, 0) is 44.7 Å². The highest BCUT2D eigenvalue weighted by Crippen LogP contribution is 2.32. The average Bonchev–Trinajstić information content (AvgIpc) is 3.24. The molecule has 1 aliphatic rings. The molecule has 3 aromatic rings. The van der Waals surface area contributed by atoms with Crippen LogP contribution in [-0.2, 0) is 0 Å². The Labute approximate surface area is 161 Å². The highest BCUT2D eigenvalue weighted by Gasteiger charge is 2.20. The molecular formula is C19H21N5O2S. The molecule has 3 N–H and O–H groups in total. The third-order valence-corrected chi connectivity index (χ3v) is 5.82. The van der Waals surface area contributed by atoms with Crippen molar-refractivity contribution in [3.63, 3.8) is 0 Å². The summed E-state index contributed by atoms with van der Waals surface area (Å²) < 4.78 is 1.99. The maximum Gasteiger partial charge on any atom is 0.267 e. The Kier molecular flexibility index (Phi) is 4.57. The van der Waals surface area contributed by atoms with E-state index in [1.807, 2.05) is 23.9 Å². The van der Waals surface area contributed by atoms with Crippen LogP contribution in [0, 0.1) is 13.8 Å². The van der Waals surface area contributed by atoms with Crippen LogP contribution < -0.4 is 10.6 Å². The van der Waals surface area contributed by atoms with Crippen LogP contribution in [0.4, 0.5) is 16.6 Å². The summed E-state index contributed by atoms with van der Waals surface area (Å²) in [4.78, 5) is 17.3. The van der Waals surface area contributed by atoms with Gasteiger partial charge < -0.3 is 15.7 Å². The number of aromatic nitrogens is 3. The first-order chi connectivity index (χ1) is 13.0. The molecule has 2 aromatic heterocycles. The lowest BCUT2D eigenvalue weighted by atomic mass is 9.93. The zero-order chi connectivity index (χ0) is 19.0. The Morgan fingerprint density at radius 3 is 2.85 bits per heavy atom. The maximum atomic E-state index is 12.6. The van der Waals surface area contributed by atoms with Gasteiger partial charge in [-0.25, -0.2) is 4.98 Å². The molecule has 140 valence electrons. The van der Waals surface area contributed by atoms with E-state index < -0.39 is 0 Å². The number of hydrogen-bond acceptors (Lipinski definition) is 6. The zero-order valence-corrected chi connectivity index (χ0v) is 16.0. The van der Waals surface area contributed by atoms with E-state index in [0.29, 0.717) is 27.3 Å². The molecule has 2 heterocycles. The van der Waals surface area contributed by atoms with Crippen LogP contribution in [0.15, 0.2) is 30.6 Å². The third kappa shape index (κ3) is 3.52. The van der Waals surface area contributed by atoms with Crippen molar-refractivity contribution in [1.29, 1.82) is 0 Å². The summed E-state index contributed by atoms with van der Waals surface area (Å²) in [6.07, 6.45) is 7.13. The summed E-state index contributed by atoms with van der Waals surface area (Å²) in [6.45, 7) is 3.66. The second kappa shape index (κ2) is 7.03. The predicted octanol–water partition coefficient (Wildman–Crippen LogP) is 4.38. The van der Waals surface area contributed by atoms with E-state index >= 15 is 0 Å². The lowest BCUT2D eigenvalue weighted by molar-refractivity contribution is 0.103. The molecule has 8 heteroatoms. The number of benzene rings is 1. The van der Waals surface area contributed by atoms with Crippen LogP contribution in [-0.4, -0.2) is 25.8 Å². The van der Waals surface area contributed by atoms with Gasteiger partial charge in [-0.15, -0.1) is 0 Å². The van der Waals surface area contributed by atoms with E-state index in [4.69, 9.17) is 0 Å². The highest BCUT2D eigenvalue weighted by molar-refractivity contribution is 7.17. The fourth-order valence-electron chi connectivity index (χ4n) is 3.01. The number of phenolic OH excluding ortho intramolecular Hbond substituents is 1. The number of phenols is 1. The molecule has 1 aliphatic carbocycles. The Hall–Kier alpha value is -2.87. The van der Waals surface area contributed by atoms with Gasteiger partial charge in [0.25, 0.3) is 5.91 Å². The van der Waals surface area contributed by atoms with Crippen molar-refractivity contribution in [3.8, 4) is 5.75 Å². The van der Waals surface area contributed by atoms with E-state index in [0.717, 1.165) is 11.4 Å². The number of thiazole rings is 1. The lowest BCUT2D eigenvalue weighted by Gasteiger charge is -2.25. The van der Waals surface area contributed by atoms with Gasteiger partial charge in [0.1, 0.15) is 10.6 Å². The first-order valence-corrected chi connectivity index (χ1v) is 9.71. The van der Waals surface area contributed by atoms with Gasteiger partial charge in [-0.3, -0.25) is 9.48 Å². The Balaban J connectivity index is 1.45. The minimum absolute atomic E-state index is 0.157. The molecule has 1 amide bonds. The molecule has 0 radical (unpaired) electrons. The number of nitrogens with zero attached hydrogens (tertiary/aromatic N) is 3. The summed E-state index contributed by atoms with van der Waals surface area (Å²) in [5, 5.41) is 21.0. The van der Waals surface area contributed by atoms with Gasteiger partial charge in [0, 0.05) is 17.8 Å². The van der Waals surface area contributed by atoms with E-state index in [1.165, 1.54) is 30.6 Å². The number of anilines is 3. The summed E-state index contributed by atoms with van der Waals surface area (Å²) in [5.74, 6) is 0.629. The lowest BCUT2D eigenvalue weighted by Crippen LogP contribution is -2.17. The topological polar surface area (TPSA) is 92.1 Å². The Morgan fingerprint density at radius 1 is 1.30 bits per heavy atom. The highest BCUT2D eigenvalue weighted by atomic mass is 32.1. The standard InChI is InChI=1S/C19H21N5O2S/c1-11-6-7-14(25)12(2)17(11)22-18(26)15-10-20-19(27-15)21-16-8-9-24(23-16)13-4-3-5-13/h6-10,13,25H,3-5H2,1-2H3,(H,22,26)(H,20,21,23). The Morgan fingerprint density at radius 2 is 2.11 bits per heavy atom. The molecule has 1 aromatic carbocycles. The van der Waals surface area contributed by atoms with Gasteiger partial charge >= 0.3 is 0 Å². The second-order valence-electron chi connectivity index (χ2n) is 6.78. The van der Waals surface area contributed by atoms with E-state index in [9.17, 15) is 9.90 Å². The molecular weight excluding hydrogens is 362 g/mol. The molecule has 1 fully saturated rings. The van der Waals surface area contributed by atoms with Gasteiger partial charge in [-0.1, -0.05) is 17.4 Å². The number of carbonyl (C=O) groups excluding carboxylic acids is 1. The van der Waals surface area contributed by atoms with Crippen LogP contribution in [0.3, 0.4) is 0 Å². The van der Waals surface area contributed by atoms with Crippen molar-refractivity contribution in [2.24, 2.45) is 0 Å². The minimum atomic E-state index is -0.252. The summed E-state index contributed by atoms with van der Waals surface area (Å²) in [7, 11) is 0. The van der Waals surface area contributed by atoms with Crippen molar-refractivity contribution in [2.75, 3.05) is 10.6 Å². The number of rotatable bonds is 5. The molecule has 0 saturated heterocycles. The van der Waals surface area contributed by atoms with Gasteiger partial charge in [-0.2, -0.15) is 5.10 Å².